The van der Waals surface area contributed by atoms with Gasteiger partial charge in [-0.05, 0) is 48.7 Å². The molecule has 0 aliphatic carbocycles. The monoisotopic (exact) mass is 486 g/mol. The molecule has 0 spiro atoms. The molecule has 182 valence electrons. The standard InChI is InChI=1S/C24H30N4O5S/c1-16(2)22(26-23(29)19-8-5-6-9-20(19)33-4)24(30)25-17-11-13-18(14-12-17)34(31,32)27-21-10-7-15-28(21)3/h5-6,8-9,11-14,16,22H,7,10,15H2,1-4H3,(H,25,30)(H,26,29)/b27-21-. The van der Waals surface area contributed by atoms with Gasteiger partial charge in [0.15, 0.2) is 0 Å². The summed E-state index contributed by atoms with van der Waals surface area (Å²) in [5.74, 6) is -0.0852. The van der Waals surface area contributed by atoms with Crippen LogP contribution in [0.25, 0.3) is 0 Å². The quantitative estimate of drug-likeness (QED) is 0.593. The zero-order valence-corrected chi connectivity index (χ0v) is 20.6. The number of sulfonamides is 1. The molecule has 1 atom stereocenters. The molecule has 1 aliphatic heterocycles. The molecule has 0 bridgehead atoms. The van der Waals surface area contributed by atoms with Crippen LogP contribution in [0.15, 0.2) is 57.8 Å². The third kappa shape index (κ3) is 5.93. The van der Waals surface area contributed by atoms with E-state index in [4.69, 9.17) is 4.74 Å². The molecule has 2 N–H and O–H groups in total. The van der Waals surface area contributed by atoms with E-state index in [-0.39, 0.29) is 10.8 Å². The van der Waals surface area contributed by atoms with Crippen molar-refractivity contribution in [1.29, 1.82) is 0 Å². The van der Waals surface area contributed by atoms with Crippen molar-refractivity contribution in [3.8, 4) is 5.75 Å². The van der Waals surface area contributed by atoms with Crippen LogP contribution in [0.2, 0.25) is 0 Å². The summed E-state index contributed by atoms with van der Waals surface area (Å²) in [6, 6.07) is 11.8. The van der Waals surface area contributed by atoms with Crippen molar-refractivity contribution >= 4 is 33.4 Å². The first-order chi connectivity index (χ1) is 16.1. The number of amides is 2. The lowest BCUT2D eigenvalue weighted by Gasteiger charge is -2.22. The summed E-state index contributed by atoms with van der Waals surface area (Å²) in [6.45, 7) is 4.42. The molecule has 2 aromatic carbocycles. The number of carbonyl (C=O) groups is 2. The molecule has 10 heteroatoms. The lowest BCUT2D eigenvalue weighted by atomic mass is 10.0. The minimum absolute atomic E-state index is 0.0446. The number of carbonyl (C=O) groups excluding carboxylic acids is 2. The Morgan fingerprint density at radius 2 is 1.76 bits per heavy atom. The Hall–Kier alpha value is -3.40. The van der Waals surface area contributed by atoms with Gasteiger partial charge < -0.3 is 20.3 Å². The Bertz CT molecular complexity index is 1180. The number of hydrogen-bond donors (Lipinski definition) is 2. The summed E-state index contributed by atoms with van der Waals surface area (Å²) in [5.41, 5.74) is 0.735. The van der Waals surface area contributed by atoms with E-state index < -0.39 is 27.9 Å². The van der Waals surface area contributed by atoms with Gasteiger partial charge in [-0.3, -0.25) is 9.59 Å². The highest BCUT2D eigenvalue weighted by atomic mass is 32.2. The van der Waals surface area contributed by atoms with Gasteiger partial charge >= 0.3 is 0 Å². The van der Waals surface area contributed by atoms with E-state index in [0.717, 1.165) is 13.0 Å². The topological polar surface area (TPSA) is 117 Å². The van der Waals surface area contributed by atoms with Gasteiger partial charge in [0.1, 0.15) is 17.6 Å². The smallest absolute Gasteiger partial charge is 0.283 e. The van der Waals surface area contributed by atoms with Gasteiger partial charge in [0.25, 0.3) is 15.9 Å². The van der Waals surface area contributed by atoms with Gasteiger partial charge in [-0.25, -0.2) is 0 Å². The molecule has 0 aromatic heterocycles. The van der Waals surface area contributed by atoms with Crippen LogP contribution >= 0.6 is 0 Å². The molecule has 1 heterocycles. The highest BCUT2D eigenvalue weighted by Gasteiger charge is 2.26. The minimum atomic E-state index is -3.84. The van der Waals surface area contributed by atoms with E-state index in [2.05, 4.69) is 15.0 Å². The van der Waals surface area contributed by atoms with E-state index in [0.29, 0.717) is 29.3 Å². The molecule has 1 aliphatic rings. The maximum Gasteiger partial charge on any atom is 0.283 e. The Morgan fingerprint density at radius 3 is 2.35 bits per heavy atom. The van der Waals surface area contributed by atoms with E-state index in [1.165, 1.54) is 31.4 Å². The summed E-state index contributed by atoms with van der Waals surface area (Å²) in [7, 11) is -0.550. The van der Waals surface area contributed by atoms with Crippen molar-refractivity contribution in [2.24, 2.45) is 10.3 Å². The number of likely N-dealkylation sites (tertiary alicyclic amines) is 1. The number of nitrogens with zero attached hydrogens (tertiary/aromatic N) is 2. The summed E-state index contributed by atoms with van der Waals surface area (Å²) in [4.78, 5) is 27.6. The molecule has 1 saturated heterocycles. The van der Waals surface area contributed by atoms with Crippen molar-refractivity contribution in [3.05, 3.63) is 54.1 Å². The largest absolute Gasteiger partial charge is 0.496 e. The average molecular weight is 487 g/mol. The van der Waals surface area contributed by atoms with E-state index in [9.17, 15) is 18.0 Å². The van der Waals surface area contributed by atoms with Gasteiger partial charge in [-0.1, -0.05) is 26.0 Å². The van der Waals surface area contributed by atoms with Crippen molar-refractivity contribution < 1.29 is 22.7 Å². The number of methoxy groups -OCH3 is 1. The summed E-state index contributed by atoms with van der Waals surface area (Å²) in [5, 5.41) is 5.50. The summed E-state index contributed by atoms with van der Waals surface area (Å²) < 4.78 is 34.4. The zero-order chi connectivity index (χ0) is 24.9. The normalized spacial score (nSPS) is 15.9. The molecule has 1 fully saturated rings. The fraction of sp³-hybridized carbons (Fsp3) is 0.375. The van der Waals surface area contributed by atoms with Crippen LogP contribution in [0, 0.1) is 5.92 Å². The molecule has 2 amide bonds. The van der Waals surface area contributed by atoms with Crippen LogP contribution in [0.4, 0.5) is 5.69 Å². The van der Waals surface area contributed by atoms with Crippen LogP contribution in [0.5, 0.6) is 5.75 Å². The maximum atomic E-state index is 12.9. The highest BCUT2D eigenvalue weighted by molar-refractivity contribution is 7.90. The number of nitrogens with one attached hydrogen (secondary N) is 2. The summed E-state index contributed by atoms with van der Waals surface area (Å²) in [6.07, 6.45) is 1.50. The first-order valence-corrected chi connectivity index (χ1v) is 12.5. The first kappa shape index (κ1) is 25.2. The molecule has 0 radical (unpaired) electrons. The highest BCUT2D eigenvalue weighted by Crippen LogP contribution is 2.21. The van der Waals surface area contributed by atoms with Crippen LogP contribution < -0.4 is 15.4 Å². The predicted molar refractivity (Wildman–Crippen MR) is 131 cm³/mol. The predicted octanol–water partition coefficient (Wildman–Crippen LogP) is 2.90. The van der Waals surface area contributed by atoms with Crippen LogP contribution in [0.1, 0.15) is 37.0 Å². The van der Waals surface area contributed by atoms with Gasteiger partial charge in [0.2, 0.25) is 5.91 Å². The number of hydrogen-bond acceptors (Lipinski definition) is 5. The lowest BCUT2D eigenvalue weighted by Crippen LogP contribution is -2.47. The van der Waals surface area contributed by atoms with Gasteiger partial charge in [0, 0.05) is 25.7 Å². The third-order valence-corrected chi connectivity index (χ3v) is 6.89. The number of anilines is 1. The molecule has 3 rings (SSSR count). The van der Waals surface area contributed by atoms with E-state index in [1.54, 1.807) is 24.3 Å². The van der Waals surface area contributed by atoms with Crippen LogP contribution in [-0.4, -0.2) is 57.7 Å². The average Bonchev–Trinajstić information content (AvgIpc) is 3.20. The molecular formula is C24H30N4O5S. The second-order valence-electron chi connectivity index (χ2n) is 8.42. The number of para-hydroxylation sites is 1. The third-order valence-electron chi connectivity index (χ3n) is 5.57. The molecule has 1 unspecified atom stereocenters. The maximum absolute atomic E-state index is 12.9. The fourth-order valence-electron chi connectivity index (χ4n) is 3.62. The van der Waals surface area contributed by atoms with Gasteiger partial charge in [-0.2, -0.15) is 8.42 Å². The Balaban J connectivity index is 1.71. The molecular weight excluding hydrogens is 456 g/mol. The second kappa shape index (κ2) is 10.7. The Labute approximate surface area is 200 Å². The second-order valence-corrected chi connectivity index (χ2v) is 10.0. The number of rotatable bonds is 8. The Kier molecular flexibility index (Phi) is 7.93. The molecule has 9 nitrogen and oxygen atoms in total. The number of benzene rings is 2. The first-order valence-electron chi connectivity index (χ1n) is 11.0. The number of ether oxygens (including phenoxy) is 1. The Morgan fingerprint density at radius 1 is 1.09 bits per heavy atom. The van der Waals surface area contributed by atoms with Crippen molar-refractivity contribution in [2.45, 2.75) is 37.6 Å². The van der Waals surface area contributed by atoms with Crippen molar-refractivity contribution in [3.63, 3.8) is 0 Å². The van der Waals surface area contributed by atoms with Crippen molar-refractivity contribution in [1.82, 2.24) is 10.2 Å². The van der Waals surface area contributed by atoms with Gasteiger partial charge in [-0.15, -0.1) is 4.40 Å². The molecule has 2 aromatic rings. The fourth-order valence-corrected chi connectivity index (χ4v) is 4.71. The SMILES string of the molecule is COc1ccccc1C(=O)NC(C(=O)Nc1ccc(S(=O)(=O)/N=C2/CCCN2C)cc1)C(C)C. The van der Waals surface area contributed by atoms with Gasteiger partial charge in [0.05, 0.1) is 17.6 Å². The number of amidine groups is 1. The zero-order valence-electron chi connectivity index (χ0n) is 19.7. The van der Waals surface area contributed by atoms with E-state index in [1.807, 2.05) is 25.8 Å². The van der Waals surface area contributed by atoms with Crippen LogP contribution in [0.3, 0.4) is 0 Å². The molecule has 34 heavy (non-hydrogen) atoms. The van der Waals surface area contributed by atoms with Crippen LogP contribution in [-0.2, 0) is 14.8 Å². The van der Waals surface area contributed by atoms with Crippen molar-refractivity contribution in [2.75, 3.05) is 26.0 Å². The molecule has 0 saturated carbocycles. The van der Waals surface area contributed by atoms with E-state index >= 15 is 0 Å². The summed E-state index contributed by atoms with van der Waals surface area (Å²) >= 11 is 0. The minimum Gasteiger partial charge on any atom is -0.496 e. The lowest BCUT2D eigenvalue weighted by molar-refractivity contribution is -0.118.